The van der Waals surface area contributed by atoms with Gasteiger partial charge in [-0.1, -0.05) is 78.4 Å². The second kappa shape index (κ2) is 11.5. The Morgan fingerprint density at radius 3 is 2.10 bits per heavy atom. The first-order chi connectivity index (χ1) is 19.0. The van der Waals surface area contributed by atoms with Gasteiger partial charge in [-0.3, -0.25) is 14.9 Å². The van der Waals surface area contributed by atoms with Crippen LogP contribution in [0.15, 0.2) is 109 Å². The molecule has 0 aliphatic carbocycles. The fourth-order valence-electron chi connectivity index (χ4n) is 4.06. The van der Waals surface area contributed by atoms with Crippen molar-refractivity contribution in [1.82, 2.24) is 5.32 Å². The third-order valence-corrected chi connectivity index (χ3v) is 6.18. The molecular weight excluding hydrogens is 492 g/mol. The number of hydrogen-bond acceptors (Lipinski definition) is 5. The Kier molecular flexibility index (Phi) is 7.50. The van der Waals surface area contributed by atoms with Crippen LogP contribution >= 0.6 is 0 Å². The van der Waals surface area contributed by atoms with Crippen LogP contribution in [0, 0.1) is 6.92 Å². The van der Waals surface area contributed by atoms with E-state index in [0.717, 1.165) is 21.6 Å². The Bertz CT molecular complexity index is 1530. The lowest BCUT2D eigenvalue weighted by molar-refractivity contribution is -0.122. The van der Waals surface area contributed by atoms with Gasteiger partial charge >= 0.3 is 6.03 Å². The van der Waals surface area contributed by atoms with Crippen LogP contribution in [0.2, 0.25) is 0 Å². The van der Waals surface area contributed by atoms with Crippen molar-refractivity contribution in [2.45, 2.75) is 20.1 Å². The fourth-order valence-corrected chi connectivity index (χ4v) is 4.06. The molecule has 1 heterocycles. The van der Waals surface area contributed by atoms with Gasteiger partial charge in [-0.15, -0.1) is 0 Å². The Balaban J connectivity index is 1.34. The minimum absolute atomic E-state index is 0.176. The molecule has 0 atom stereocenters. The molecule has 194 valence electrons. The first kappa shape index (κ1) is 25.5. The Hall–Kier alpha value is -5.17. The van der Waals surface area contributed by atoms with Crippen molar-refractivity contribution in [3.63, 3.8) is 0 Å². The van der Waals surface area contributed by atoms with Crippen molar-refractivity contribution < 1.29 is 23.9 Å². The molecule has 1 N–H and O–H groups in total. The van der Waals surface area contributed by atoms with Gasteiger partial charge in [0.25, 0.3) is 11.8 Å². The van der Waals surface area contributed by atoms with E-state index >= 15 is 0 Å². The molecule has 4 aromatic carbocycles. The summed E-state index contributed by atoms with van der Waals surface area (Å²) in [5.74, 6) is -0.402. The normalized spacial score (nSPS) is 14.3. The Labute approximate surface area is 226 Å². The molecule has 0 unspecified atom stereocenters. The van der Waals surface area contributed by atoms with E-state index < -0.39 is 17.8 Å². The molecule has 0 bridgehead atoms. The van der Waals surface area contributed by atoms with Gasteiger partial charge in [0.2, 0.25) is 0 Å². The second-order valence-electron chi connectivity index (χ2n) is 9.04. The number of benzene rings is 4. The van der Waals surface area contributed by atoms with Crippen molar-refractivity contribution in [3.05, 3.63) is 131 Å². The standard InChI is InChI=1S/C32H26N2O5/c1-22-11-13-24(14-12-22)21-39-29-10-6-5-9-25(29)19-28-30(35)33-32(37)34(31(28)36)26-15-17-27(18-16-26)38-20-23-7-3-2-4-8-23/h2-19H,20-21H2,1H3,(H,33,35,37)/b28-19+. The third kappa shape index (κ3) is 6.05. The quantitative estimate of drug-likeness (QED) is 0.235. The highest BCUT2D eigenvalue weighted by molar-refractivity contribution is 6.39. The van der Waals surface area contributed by atoms with Crippen molar-refractivity contribution in [1.29, 1.82) is 0 Å². The molecule has 1 aliphatic rings. The van der Waals surface area contributed by atoms with Crippen LogP contribution in [0.25, 0.3) is 6.08 Å². The van der Waals surface area contributed by atoms with Gasteiger partial charge in [-0.05, 0) is 54.5 Å². The number of nitrogens with zero attached hydrogens (tertiary/aromatic N) is 1. The van der Waals surface area contributed by atoms with E-state index in [1.54, 1.807) is 42.5 Å². The largest absolute Gasteiger partial charge is 0.489 e. The van der Waals surface area contributed by atoms with E-state index in [-0.39, 0.29) is 5.57 Å². The highest BCUT2D eigenvalue weighted by Gasteiger charge is 2.37. The predicted molar refractivity (Wildman–Crippen MR) is 148 cm³/mol. The first-order valence-corrected chi connectivity index (χ1v) is 12.4. The van der Waals surface area contributed by atoms with E-state index in [2.05, 4.69) is 5.32 Å². The minimum atomic E-state index is -0.816. The Morgan fingerprint density at radius 2 is 1.36 bits per heavy atom. The molecule has 0 aromatic heterocycles. The van der Waals surface area contributed by atoms with Crippen LogP contribution < -0.4 is 19.7 Å². The van der Waals surface area contributed by atoms with Crippen molar-refractivity contribution in [2.24, 2.45) is 0 Å². The molecule has 5 rings (SSSR count). The molecule has 4 aromatic rings. The number of nitrogens with one attached hydrogen (secondary N) is 1. The third-order valence-electron chi connectivity index (χ3n) is 6.18. The lowest BCUT2D eigenvalue weighted by atomic mass is 10.1. The van der Waals surface area contributed by atoms with E-state index in [1.165, 1.54) is 6.08 Å². The van der Waals surface area contributed by atoms with Crippen molar-refractivity contribution in [3.8, 4) is 11.5 Å². The molecule has 0 radical (unpaired) electrons. The SMILES string of the molecule is Cc1ccc(COc2ccccc2/C=C2\C(=O)NC(=O)N(c3ccc(OCc4ccccc4)cc3)C2=O)cc1. The summed E-state index contributed by atoms with van der Waals surface area (Å²) in [6, 6.07) is 30.5. The molecule has 7 heteroatoms. The van der Waals surface area contributed by atoms with E-state index in [9.17, 15) is 14.4 Å². The lowest BCUT2D eigenvalue weighted by Crippen LogP contribution is -2.54. The van der Waals surface area contributed by atoms with Crippen molar-refractivity contribution >= 4 is 29.6 Å². The maximum atomic E-state index is 13.4. The number of para-hydroxylation sites is 1. The maximum Gasteiger partial charge on any atom is 0.335 e. The maximum absolute atomic E-state index is 13.4. The van der Waals surface area contributed by atoms with E-state index in [1.807, 2.05) is 67.6 Å². The number of amides is 4. The molecule has 0 saturated carbocycles. The summed E-state index contributed by atoms with van der Waals surface area (Å²) in [6.45, 7) is 2.72. The minimum Gasteiger partial charge on any atom is -0.489 e. The van der Waals surface area contributed by atoms with Crippen molar-refractivity contribution in [2.75, 3.05) is 4.90 Å². The van der Waals surface area contributed by atoms with Gasteiger partial charge in [0, 0.05) is 5.56 Å². The first-order valence-electron chi connectivity index (χ1n) is 12.4. The van der Waals surface area contributed by atoms with Gasteiger partial charge in [-0.2, -0.15) is 0 Å². The molecule has 1 aliphatic heterocycles. The monoisotopic (exact) mass is 518 g/mol. The number of hydrogen-bond donors (Lipinski definition) is 1. The number of barbiturate groups is 1. The van der Waals surface area contributed by atoms with Crippen LogP contribution in [0.4, 0.5) is 10.5 Å². The molecule has 1 saturated heterocycles. The lowest BCUT2D eigenvalue weighted by Gasteiger charge is -2.26. The Morgan fingerprint density at radius 1 is 0.718 bits per heavy atom. The number of imide groups is 2. The number of urea groups is 1. The average Bonchev–Trinajstić information content (AvgIpc) is 2.95. The number of ether oxygens (including phenoxy) is 2. The van der Waals surface area contributed by atoms with Gasteiger partial charge in [0.15, 0.2) is 0 Å². The van der Waals surface area contributed by atoms with Gasteiger partial charge in [0.1, 0.15) is 30.3 Å². The zero-order valence-corrected chi connectivity index (χ0v) is 21.3. The van der Waals surface area contributed by atoms with E-state index in [4.69, 9.17) is 9.47 Å². The van der Waals surface area contributed by atoms with Crippen LogP contribution in [0.3, 0.4) is 0 Å². The molecule has 7 nitrogen and oxygen atoms in total. The summed E-state index contributed by atoms with van der Waals surface area (Å²) in [5.41, 5.74) is 3.84. The van der Waals surface area contributed by atoms with Gasteiger partial charge in [0.05, 0.1) is 5.69 Å². The molecule has 39 heavy (non-hydrogen) atoms. The van der Waals surface area contributed by atoms with Crippen LogP contribution in [0.5, 0.6) is 11.5 Å². The predicted octanol–water partition coefficient (Wildman–Crippen LogP) is 5.82. The summed E-state index contributed by atoms with van der Waals surface area (Å²) >= 11 is 0. The highest BCUT2D eigenvalue weighted by Crippen LogP contribution is 2.27. The second-order valence-corrected chi connectivity index (χ2v) is 9.04. The molecular formula is C32H26N2O5. The molecule has 4 amide bonds. The summed E-state index contributed by atoms with van der Waals surface area (Å²) in [7, 11) is 0. The summed E-state index contributed by atoms with van der Waals surface area (Å²) < 4.78 is 11.8. The summed E-state index contributed by atoms with van der Waals surface area (Å²) in [4.78, 5) is 39.6. The average molecular weight is 519 g/mol. The van der Waals surface area contributed by atoms with E-state index in [0.29, 0.717) is 36.0 Å². The van der Waals surface area contributed by atoms with Gasteiger partial charge in [-0.25, -0.2) is 9.69 Å². The van der Waals surface area contributed by atoms with Crippen LogP contribution in [-0.4, -0.2) is 17.8 Å². The number of aryl methyl sites for hydroxylation is 1. The zero-order valence-electron chi connectivity index (χ0n) is 21.3. The fraction of sp³-hybridized carbons (Fsp3) is 0.0938. The number of carbonyl (C=O) groups excluding carboxylic acids is 3. The number of rotatable bonds is 8. The molecule has 1 fully saturated rings. The summed E-state index contributed by atoms with van der Waals surface area (Å²) in [5, 5.41) is 2.26. The number of anilines is 1. The number of carbonyl (C=O) groups is 3. The summed E-state index contributed by atoms with van der Waals surface area (Å²) in [6.07, 6.45) is 1.44. The van der Waals surface area contributed by atoms with Gasteiger partial charge < -0.3 is 9.47 Å². The van der Waals surface area contributed by atoms with Crippen LogP contribution in [-0.2, 0) is 22.8 Å². The zero-order chi connectivity index (χ0) is 27.2. The molecule has 0 spiro atoms. The topological polar surface area (TPSA) is 84.9 Å². The highest BCUT2D eigenvalue weighted by atomic mass is 16.5. The smallest absolute Gasteiger partial charge is 0.335 e. The van der Waals surface area contributed by atoms with Crippen LogP contribution in [0.1, 0.15) is 22.3 Å².